The van der Waals surface area contributed by atoms with Gasteiger partial charge in [-0.2, -0.15) is 5.06 Å². The van der Waals surface area contributed by atoms with Gasteiger partial charge in [0, 0.05) is 9.75 Å². The van der Waals surface area contributed by atoms with Crippen molar-refractivity contribution in [2.24, 2.45) is 0 Å². The maximum atomic E-state index is 13.4. The van der Waals surface area contributed by atoms with Crippen LogP contribution in [0.25, 0.3) is 10.4 Å². The van der Waals surface area contributed by atoms with Gasteiger partial charge in [-0.05, 0) is 34.9 Å². The number of halogens is 1. The molecule has 158 valence electrons. The number of benzene rings is 2. The van der Waals surface area contributed by atoms with Gasteiger partial charge in [0.25, 0.3) is 0 Å². The molecule has 2 atom stereocenters. The number of nitrogens with zero attached hydrogens (tertiary/aromatic N) is 2. The first kappa shape index (κ1) is 19.7. The van der Waals surface area contributed by atoms with Crippen molar-refractivity contribution in [2.75, 3.05) is 13.7 Å². The number of ether oxygens (including phenoxy) is 1. The Morgan fingerprint density at radius 1 is 1.16 bits per heavy atom. The van der Waals surface area contributed by atoms with Gasteiger partial charge in [-0.3, -0.25) is 4.84 Å². The van der Waals surface area contributed by atoms with Crippen molar-refractivity contribution >= 4 is 23.3 Å². The highest BCUT2D eigenvalue weighted by atomic mass is 32.1. The van der Waals surface area contributed by atoms with E-state index in [1.807, 2.05) is 36.4 Å². The Morgan fingerprint density at radius 2 is 1.90 bits per heavy atom. The molecular formula is C23H19FN2O4S. The molecule has 2 amide bonds. The highest BCUT2D eigenvalue weighted by Gasteiger charge is 2.52. The van der Waals surface area contributed by atoms with Gasteiger partial charge in [-0.15, -0.1) is 11.3 Å². The third-order valence-electron chi connectivity index (χ3n) is 5.56. The second-order valence-corrected chi connectivity index (χ2v) is 8.48. The molecule has 1 unspecified atom stereocenters. The maximum Gasteiger partial charge on any atom is 0.345 e. The number of urea groups is 1. The van der Waals surface area contributed by atoms with Gasteiger partial charge in [0.05, 0.1) is 13.7 Å². The number of hydrogen-bond donors (Lipinski definition) is 0. The number of fused-ring (bicyclic) bond motifs is 4. The number of hydrogen-bond acceptors (Lipinski definition) is 5. The summed E-state index contributed by atoms with van der Waals surface area (Å²) in [7, 11) is 1.31. The zero-order chi connectivity index (χ0) is 21.5. The lowest BCUT2D eigenvalue weighted by Crippen LogP contribution is -2.38. The number of hydroxylamine groups is 2. The van der Waals surface area contributed by atoms with Crippen LogP contribution in [0, 0.1) is 5.82 Å². The fourth-order valence-electron chi connectivity index (χ4n) is 4.04. The van der Waals surface area contributed by atoms with E-state index < -0.39 is 12.0 Å². The molecule has 6 nitrogen and oxygen atoms in total. The molecule has 0 spiro atoms. The van der Waals surface area contributed by atoms with E-state index in [-0.39, 0.29) is 24.5 Å². The van der Waals surface area contributed by atoms with Crippen molar-refractivity contribution in [1.82, 2.24) is 9.96 Å². The molecule has 0 N–H and O–H groups in total. The van der Waals surface area contributed by atoms with Crippen molar-refractivity contribution in [3.63, 3.8) is 0 Å². The van der Waals surface area contributed by atoms with Gasteiger partial charge in [-0.1, -0.05) is 42.5 Å². The van der Waals surface area contributed by atoms with E-state index in [4.69, 9.17) is 9.57 Å². The van der Waals surface area contributed by atoms with Crippen LogP contribution in [0.2, 0.25) is 0 Å². The molecule has 1 saturated heterocycles. The van der Waals surface area contributed by atoms with Crippen LogP contribution < -0.4 is 0 Å². The van der Waals surface area contributed by atoms with E-state index in [9.17, 15) is 14.0 Å². The lowest BCUT2D eigenvalue weighted by molar-refractivity contribution is -0.146. The zero-order valence-electron chi connectivity index (χ0n) is 16.7. The molecule has 2 aliphatic heterocycles. The summed E-state index contributed by atoms with van der Waals surface area (Å²) in [6.07, 6.45) is 0. The van der Waals surface area contributed by atoms with Crippen LogP contribution in [0.3, 0.4) is 0 Å². The molecule has 2 aromatic carbocycles. The first-order chi connectivity index (χ1) is 15.1. The summed E-state index contributed by atoms with van der Waals surface area (Å²) in [4.78, 5) is 34.7. The molecule has 0 saturated carbocycles. The molecule has 3 aromatic rings. The molecule has 1 fully saturated rings. The minimum Gasteiger partial charge on any atom is -0.467 e. The SMILES string of the molecule is COC(=O)C1c2sc(-c3ccc(F)cc3)cc2[C@H]2CN1C(=O)N2OCc1ccccc1. The zero-order valence-corrected chi connectivity index (χ0v) is 17.5. The fourth-order valence-corrected chi connectivity index (χ4v) is 5.36. The summed E-state index contributed by atoms with van der Waals surface area (Å²) in [6.45, 7) is 0.573. The predicted octanol–water partition coefficient (Wildman–Crippen LogP) is 4.69. The molecule has 1 aromatic heterocycles. The summed E-state index contributed by atoms with van der Waals surface area (Å²) in [5.41, 5.74) is 2.64. The largest absolute Gasteiger partial charge is 0.467 e. The van der Waals surface area contributed by atoms with Crippen LogP contribution in [0.4, 0.5) is 9.18 Å². The summed E-state index contributed by atoms with van der Waals surface area (Å²) in [5.74, 6) is -0.806. The third-order valence-corrected chi connectivity index (χ3v) is 6.82. The van der Waals surface area contributed by atoms with Gasteiger partial charge in [0.15, 0.2) is 6.04 Å². The number of esters is 1. The number of carbonyl (C=O) groups excluding carboxylic acids is 2. The average Bonchev–Trinajstić information content (AvgIpc) is 3.35. The molecule has 5 rings (SSSR count). The van der Waals surface area contributed by atoms with Crippen LogP contribution in [-0.2, 0) is 21.0 Å². The van der Waals surface area contributed by atoms with Crippen molar-refractivity contribution in [3.8, 4) is 10.4 Å². The number of rotatable bonds is 5. The highest BCUT2D eigenvalue weighted by Crippen LogP contribution is 2.49. The van der Waals surface area contributed by atoms with E-state index in [2.05, 4.69) is 0 Å². The van der Waals surface area contributed by atoms with Crippen molar-refractivity contribution < 1.29 is 23.6 Å². The Balaban J connectivity index is 1.51. The average molecular weight is 438 g/mol. The Morgan fingerprint density at radius 3 is 2.61 bits per heavy atom. The van der Waals surface area contributed by atoms with Crippen LogP contribution in [-0.4, -0.2) is 35.6 Å². The summed E-state index contributed by atoms with van der Waals surface area (Å²) >= 11 is 1.41. The summed E-state index contributed by atoms with van der Waals surface area (Å²) < 4.78 is 18.4. The van der Waals surface area contributed by atoms with E-state index >= 15 is 0 Å². The molecule has 2 bridgehead atoms. The summed E-state index contributed by atoms with van der Waals surface area (Å²) in [6, 6.07) is 16.2. The smallest absolute Gasteiger partial charge is 0.345 e. The maximum absolute atomic E-state index is 13.4. The van der Waals surface area contributed by atoms with Crippen molar-refractivity contribution in [2.45, 2.75) is 18.7 Å². The molecule has 31 heavy (non-hydrogen) atoms. The van der Waals surface area contributed by atoms with Crippen molar-refractivity contribution in [1.29, 1.82) is 0 Å². The minimum absolute atomic E-state index is 0.240. The molecule has 0 radical (unpaired) electrons. The first-order valence-electron chi connectivity index (χ1n) is 9.81. The van der Waals surface area contributed by atoms with Crippen LogP contribution in [0.15, 0.2) is 60.7 Å². The second-order valence-electron chi connectivity index (χ2n) is 7.40. The van der Waals surface area contributed by atoms with Gasteiger partial charge in [0.2, 0.25) is 0 Å². The van der Waals surface area contributed by atoms with Crippen LogP contribution in [0.1, 0.15) is 28.1 Å². The standard InChI is InChI=1S/C23H19FN2O4S/c1-29-22(27)20-21-17(11-19(31-21)15-7-9-16(24)10-8-15)18-12-25(20)23(28)26(18)30-13-14-5-3-2-4-6-14/h2-11,18,20H,12-13H2,1H3/t18-,20?/m1/s1. The van der Waals surface area contributed by atoms with Crippen LogP contribution >= 0.6 is 11.3 Å². The van der Waals surface area contributed by atoms with Gasteiger partial charge >= 0.3 is 12.0 Å². The number of methoxy groups -OCH3 is 1. The monoisotopic (exact) mass is 438 g/mol. The Bertz CT molecular complexity index is 1130. The van der Waals surface area contributed by atoms with E-state index in [0.29, 0.717) is 6.54 Å². The minimum atomic E-state index is -0.826. The number of thiophene rings is 1. The Labute approximate surface area is 182 Å². The van der Waals surface area contributed by atoms with Gasteiger partial charge in [-0.25, -0.2) is 14.0 Å². The molecule has 8 heteroatoms. The highest BCUT2D eigenvalue weighted by molar-refractivity contribution is 7.15. The normalized spacial score (nSPS) is 19.5. The van der Waals surface area contributed by atoms with E-state index in [0.717, 1.165) is 26.4 Å². The Kier molecular flexibility index (Phi) is 4.95. The quantitative estimate of drug-likeness (QED) is 0.542. The molecule has 2 aliphatic rings. The number of carbonyl (C=O) groups is 2. The Hall–Kier alpha value is -3.23. The van der Waals surface area contributed by atoms with E-state index in [1.54, 1.807) is 12.1 Å². The van der Waals surface area contributed by atoms with Crippen molar-refractivity contribution in [3.05, 3.63) is 82.5 Å². The van der Waals surface area contributed by atoms with Crippen LogP contribution in [0.5, 0.6) is 0 Å². The lowest BCUT2D eigenvalue weighted by Gasteiger charge is -2.28. The molecule has 3 heterocycles. The topological polar surface area (TPSA) is 59.1 Å². The van der Waals surface area contributed by atoms with E-state index in [1.165, 1.54) is 40.5 Å². The lowest BCUT2D eigenvalue weighted by atomic mass is 9.98. The molecule has 0 aliphatic carbocycles. The third kappa shape index (κ3) is 3.37. The first-order valence-corrected chi connectivity index (χ1v) is 10.6. The summed E-state index contributed by atoms with van der Waals surface area (Å²) in [5, 5.41) is 1.36. The molecular weight excluding hydrogens is 419 g/mol. The van der Waals surface area contributed by atoms with Gasteiger partial charge in [0.1, 0.15) is 18.5 Å². The number of amides is 2. The second kappa shape index (κ2) is 7.79. The van der Waals surface area contributed by atoms with Gasteiger partial charge < -0.3 is 9.64 Å². The fraction of sp³-hybridized carbons (Fsp3) is 0.217. The predicted molar refractivity (Wildman–Crippen MR) is 112 cm³/mol.